The molecule has 0 aromatic heterocycles. The Hall–Kier alpha value is 0.522. The molecule has 0 heterocycles. The van der Waals surface area contributed by atoms with Gasteiger partial charge in [0.05, 0.1) is 0 Å². The van der Waals surface area contributed by atoms with E-state index in [0.29, 0.717) is 0 Å². The van der Waals surface area contributed by atoms with Crippen molar-refractivity contribution in [2.75, 3.05) is 6.61 Å². The minimum Gasteiger partial charge on any atom is -0.507 e. The van der Waals surface area contributed by atoms with Crippen LogP contribution in [-0.4, -0.2) is 22.2 Å². The molecule has 1 nitrogen and oxygen atoms in total. The van der Waals surface area contributed by atoms with Gasteiger partial charge in [-0.2, -0.15) is 0 Å². The third kappa shape index (κ3) is 13.5. The lowest BCUT2D eigenvalue weighted by atomic mass is 10.3. The highest BCUT2D eigenvalue weighted by Crippen LogP contribution is 1.93. The molecule has 0 saturated carbocycles. The lowest BCUT2D eigenvalue weighted by molar-refractivity contribution is 0.324. The molecule has 0 spiro atoms. The third-order valence-corrected chi connectivity index (χ3v) is 2.24. The van der Waals surface area contributed by atoms with Crippen LogP contribution in [0, 0.1) is 0 Å². The molecule has 0 aliphatic carbocycles. The lowest BCUT2D eigenvalue weighted by Crippen LogP contribution is -1.98. The number of hydrogen-bond acceptors (Lipinski definition) is 1. The Kier molecular flexibility index (Phi) is 16.8. The van der Waals surface area contributed by atoms with E-state index < -0.39 is 0 Å². The molecule has 0 saturated heterocycles. The summed E-state index contributed by atoms with van der Waals surface area (Å²) in [6.45, 7) is 6.80. The molecule has 11 heavy (non-hydrogen) atoms. The smallest absolute Gasteiger partial charge is 0.427 e. The highest BCUT2D eigenvalue weighted by atomic mass is 35.5. The van der Waals surface area contributed by atoms with Gasteiger partial charge in [0, 0.05) is 6.61 Å². The Morgan fingerprint density at radius 2 is 2.18 bits per heavy atom. The van der Waals surface area contributed by atoms with Crippen LogP contribution in [0.2, 0.25) is 5.28 Å². The third-order valence-electron chi connectivity index (χ3n) is 1.25. The van der Waals surface area contributed by atoms with Gasteiger partial charge in [0.15, 0.2) is 0 Å². The second-order valence-electron chi connectivity index (χ2n) is 2.27. The van der Waals surface area contributed by atoms with E-state index in [2.05, 4.69) is 13.5 Å². The van der Waals surface area contributed by atoms with E-state index in [1.165, 1.54) is 19.3 Å². The summed E-state index contributed by atoms with van der Waals surface area (Å²) in [4.78, 5) is 0. The predicted molar refractivity (Wildman–Crippen MR) is 53.5 cm³/mol. The summed E-state index contributed by atoms with van der Waals surface area (Å²) in [5.41, 5.74) is 0. The predicted octanol–water partition coefficient (Wildman–Crippen LogP) is 2.84. The van der Waals surface area contributed by atoms with Gasteiger partial charge in [-0.3, -0.25) is 0 Å². The summed E-state index contributed by atoms with van der Waals surface area (Å²) >= 11 is 0.195. The van der Waals surface area contributed by atoms with Crippen LogP contribution in [0.5, 0.6) is 0 Å². The van der Waals surface area contributed by atoms with Crippen LogP contribution >= 0.6 is 12.4 Å². The zero-order valence-electron chi connectivity index (χ0n) is 7.21. The van der Waals surface area contributed by atoms with E-state index in [0.717, 1.165) is 11.9 Å². The molecule has 0 amide bonds. The van der Waals surface area contributed by atoms with E-state index in [-0.39, 0.29) is 28.0 Å². The molecule has 65 valence electrons. The maximum atomic E-state index is 5.39. The molecule has 0 rings (SSSR count). The minimum absolute atomic E-state index is 0. The van der Waals surface area contributed by atoms with Crippen LogP contribution in [0.15, 0.2) is 12.7 Å². The number of allylic oxidation sites excluding steroid dienone is 1. The Balaban J connectivity index is 0. The van der Waals surface area contributed by atoms with E-state index in [1.807, 2.05) is 6.08 Å². The molecule has 3 heteroatoms. The molecular formula is C8H17AlClO. The molecule has 0 aliphatic heterocycles. The molecular weight excluding hydrogens is 175 g/mol. The highest BCUT2D eigenvalue weighted by Gasteiger charge is 1.89. The number of halogens is 1. The minimum atomic E-state index is 0. The second kappa shape index (κ2) is 13.1. The first-order valence-electron chi connectivity index (χ1n) is 3.96. The molecule has 0 aromatic rings. The van der Waals surface area contributed by atoms with Gasteiger partial charge >= 0.3 is 15.6 Å². The van der Waals surface area contributed by atoms with E-state index >= 15 is 0 Å². The van der Waals surface area contributed by atoms with Crippen molar-refractivity contribution in [3.8, 4) is 0 Å². The maximum Gasteiger partial charge on any atom is 0.427 e. The van der Waals surface area contributed by atoms with Gasteiger partial charge in [-0.1, -0.05) is 25.0 Å². The average molecular weight is 192 g/mol. The maximum absolute atomic E-state index is 5.39. The fourth-order valence-corrected chi connectivity index (χ4v) is 1.26. The molecule has 0 unspecified atom stereocenters. The zero-order valence-corrected chi connectivity index (χ0v) is 9.19. The van der Waals surface area contributed by atoms with Crippen molar-refractivity contribution in [1.29, 1.82) is 0 Å². The van der Waals surface area contributed by atoms with Crippen molar-refractivity contribution in [3.05, 3.63) is 12.7 Å². The molecule has 0 fully saturated rings. The first-order chi connectivity index (χ1) is 4.91. The monoisotopic (exact) mass is 191 g/mol. The van der Waals surface area contributed by atoms with Crippen molar-refractivity contribution in [2.45, 2.75) is 31.5 Å². The van der Waals surface area contributed by atoms with Crippen LogP contribution in [-0.2, 0) is 3.79 Å². The molecule has 1 radical (unpaired) electrons. The van der Waals surface area contributed by atoms with E-state index in [9.17, 15) is 0 Å². The number of unbranched alkanes of at least 4 members (excludes halogenated alkanes) is 2. The summed E-state index contributed by atoms with van der Waals surface area (Å²) in [6, 6.07) is 0. The fourth-order valence-electron chi connectivity index (χ4n) is 0.655. The molecule has 0 bridgehead atoms. The largest absolute Gasteiger partial charge is 0.507 e. The van der Waals surface area contributed by atoms with Crippen molar-refractivity contribution < 1.29 is 3.79 Å². The van der Waals surface area contributed by atoms with Gasteiger partial charge in [0.2, 0.25) is 0 Å². The van der Waals surface area contributed by atoms with Gasteiger partial charge in [-0.25, -0.2) is 0 Å². The summed E-state index contributed by atoms with van der Waals surface area (Å²) in [5, 5.41) is 1.06. The molecule has 0 atom stereocenters. The van der Waals surface area contributed by atoms with Crippen LogP contribution < -0.4 is 0 Å². The molecule has 0 aliphatic rings. The lowest BCUT2D eigenvalue weighted by Gasteiger charge is -1.99. The van der Waals surface area contributed by atoms with Gasteiger partial charge in [-0.05, 0) is 6.42 Å². The average Bonchev–Trinajstić information content (AvgIpc) is 1.97. The summed E-state index contributed by atoms with van der Waals surface area (Å²) in [6.07, 6.45) is 5.73. The fraction of sp³-hybridized carbons (Fsp3) is 0.750. The van der Waals surface area contributed by atoms with E-state index in [1.54, 1.807) is 0 Å². The Morgan fingerprint density at radius 1 is 1.45 bits per heavy atom. The first kappa shape index (κ1) is 14.1. The van der Waals surface area contributed by atoms with Gasteiger partial charge in [0.1, 0.15) is 0 Å². The summed E-state index contributed by atoms with van der Waals surface area (Å²) in [5.74, 6) is 0. The normalized spacial score (nSPS) is 8.45. The number of hydrogen-bond donors (Lipinski definition) is 0. The van der Waals surface area contributed by atoms with Crippen LogP contribution in [0.4, 0.5) is 0 Å². The first-order valence-corrected chi connectivity index (χ1v) is 5.24. The topological polar surface area (TPSA) is 9.23 Å². The van der Waals surface area contributed by atoms with Crippen molar-refractivity contribution in [1.82, 2.24) is 0 Å². The summed E-state index contributed by atoms with van der Waals surface area (Å²) in [7, 11) is 0. The SMILES string of the molecule is C=C[CH2][Al][O]CCCCC.Cl. The second-order valence-corrected chi connectivity index (χ2v) is 3.41. The molecule has 0 N–H and O–H groups in total. The Labute approximate surface area is 82.7 Å². The van der Waals surface area contributed by atoms with Crippen molar-refractivity contribution >= 4 is 28.0 Å². The Morgan fingerprint density at radius 3 is 2.73 bits per heavy atom. The standard InChI is InChI=1S/C5H11O.C3H5.Al.ClH/c1-2-3-4-5-6;1-3-2;;/h2-5H2,1H3;3H,1-2H2;;1H/q-1;;+1;. The zero-order chi connectivity index (χ0) is 7.66. The quantitative estimate of drug-likeness (QED) is 0.342. The van der Waals surface area contributed by atoms with Gasteiger partial charge in [-0.15, -0.1) is 25.1 Å². The molecule has 0 aromatic carbocycles. The van der Waals surface area contributed by atoms with Crippen LogP contribution in [0.1, 0.15) is 26.2 Å². The van der Waals surface area contributed by atoms with Crippen molar-refractivity contribution in [2.24, 2.45) is 0 Å². The van der Waals surface area contributed by atoms with Crippen LogP contribution in [0.3, 0.4) is 0 Å². The highest BCUT2D eigenvalue weighted by molar-refractivity contribution is 6.27. The van der Waals surface area contributed by atoms with Gasteiger partial charge in [0.25, 0.3) is 0 Å². The van der Waals surface area contributed by atoms with Crippen molar-refractivity contribution in [3.63, 3.8) is 0 Å². The number of rotatable bonds is 7. The van der Waals surface area contributed by atoms with Gasteiger partial charge < -0.3 is 3.79 Å². The van der Waals surface area contributed by atoms with Crippen LogP contribution in [0.25, 0.3) is 0 Å². The summed E-state index contributed by atoms with van der Waals surface area (Å²) < 4.78 is 5.39. The Bertz CT molecular complexity index is 78.5. The van der Waals surface area contributed by atoms with E-state index in [4.69, 9.17) is 3.79 Å².